The van der Waals surface area contributed by atoms with E-state index in [1.54, 1.807) is 13.1 Å². The number of pyridine rings is 1. The summed E-state index contributed by atoms with van der Waals surface area (Å²) in [6, 6.07) is 13.7. The molecule has 0 spiro atoms. The SMILES string of the molecule is Cc1ccn2c(=O)c(NC(=O)CCCc3ccccc3)c(C)nc2c1. The van der Waals surface area contributed by atoms with Gasteiger partial charge in [0.15, 0.2) is 0 Å². The van der Waals surface area contributed by atoms with E-state index in [9.17, 15) is 9.59 Å². The van der Waals surface area contributed by atoms with Crippen molar-refractivity contribution in [1.82, 2.24) is 9.38 Å². The van der Waals surface area contributed by atoms with Crippen molar-refractivity contribution in [2.45, 2.75) is 33.1 Å². The number of nitrogens with one attached hydrogen (secondary N) is 1. The zero-order valence-corrected chi connectivity index (χ0v) is 14.5. The van der Waals surface area contributed by atoms with Crippen LogP contribution in [-0.4, -0.2) is 15.3 Å². The van der Waals surface area contributed by atoms with Crippen molar-refractivity contribution in [3.8, 4) is 0 Å². The molecule has 5 heteroatoms. The fraction of sp³-hybridized carbons (Fsp3) is 0.250. The molecule has 0 atom stereocenters. The molecular weight excluding hydrogens is 314 g/mol. The van der Waals surface area contributed by atoms with Crippen molar-refractivity contribution >= 4 is 17.2 Å². The fourth-order valence-electron chi connectivity index (χ4n) is 2.79. The zero-order valence-electron chi connectivity index (χ0n) is 14.5. The molecule has 3 aromatic rings. The number of amides is 1. The lowest BCUT2D eigenvalue weighted by Crippen LogP contribution is -2.25. The molecule has 0 bridgehead atoms. The Morgan fingerprint density at radius 3 is 2.68 bits per heavy atom. The maximum atomic E-state index is 12.6. The van der Waals surface area contributed by atoms with Crippen LogP contribution in [0.1, 0.15) is 29.7 Å². The third-order valence-electron chi connectivity index (χ3n) is 4.14. The molecule has 1 aromatic carbocycles. The molecule has 0 aliphatic carbocycles. The van der Waals surface area contributed by atoms with E-state index in [0.29, 0.717) is 17.8 Å². The molecule has 128 valence electrons. The molecule has 1 N–H and O–H groups in total. The minimum atomic E-state index is -0.251. The second-order valence-corrected chi connectivity index (χ2v) is 6.20. The van der Waals surface area contributed by atoms with Gasteiger partial charge in [0.05, 0.1) is 5.69 Å². The van der Waals surface area contributed by atoms with Gasteiger partial charge in [0, 0.05) is 12.6 Å². The highest BCUT2D eigenvalue weighted by atomic mass is 16.2. The first-order chi connectivity index (χ1) is 12.0. The fourth-order valence-corrected chi connectivity index (χ4v) is 2.79. The number of fused-ring (bicyclic) bond motifs is 1. The summed E-state index contributed by atoms with van der Waals surface area (Å²) >= 11 is 0. The number of carbonyl (C=O) groups is 1. The molecule has 25 heavy (non-hydrogen) atoms. The van der Waals surface area contributed by atoms with Crippen LogP contribution >= 0.6 is 0 Å². The Hall–Kier alpha value is -2.95. The molecule has 3 rings (SSSR count). The number of benzene rings is 1. The van der Waals surface area contributed by atoms with Gasteiger partial charge >= 0.3 is 0 Å². The van der Waals surface area contributed by atoms with Crippen molar-refractivity contribution in [3.05, 3.63) is 75.8 Å². The van der Waals surface area contributed by atoms with E-state index in [2.05, 4.69) is 10.3 Å². The number of nitrogens with zero attached hydrogens (tertiary/aromatic N) is 2. The zero-order chi connectivity index (χ0) is 17.8. The maximum Gasteiger partial charge on any atom is 0.281 e. The molecule has 0 fully saturated rings. The minimum absolute atomic E-state index is 0.162. The van der Waals surface area contributed by atoms with Crippen LogP contribution < -0.4 is 10.9 Å². The van der Waals surface area contributed by atoms with Gasteiger partial charge in [0.2, 0.25) is 5.91 Å². The molecule has 0 saturated carbocycles. The van der Waals surface area contributed by atoms with Gasteiger partial charge < -0.3 is 5.32 Å². The van der Waals surface area contributed by atoms with Crippen molar-refractivity contribution in [3.63, 3.8) is 0 Å². The number of aromatic nitrogens is 2. The molecule has 0 unspecified atom stereocenters. The summed E-state index contributed by atoms with van der Waals surface area (Å²) in [5.74, 6) is -0.162. The van der Waals surface area contributed by atoms with Gasteiger partial charge in [0.1, 0.15) is 11.3 Å². The standard InChI is InChI=1S/C20H21N3O2/c1-14-11-12-23-17(13-14)21-15(2)19(20(23)25)22-18(24)10-6-9-16-7-4-3-5-8-16/h3-5,7-8,11-13H,6,9-10H2,1-2H3,(H,22,24). The van der Waals surface area contributed by atoms with Gasteiger partial charge in [-0.15, -0.1) is 0 Å². The number of anilines is 1. The Bertz CT molecular complexity index is 962. The molecule has 0 saturated heterocycles. The monoisotopic (exact) mass is 335 g/mol. The molecule has 0 radical (unpaired) electrons. The van der Waals surface area contributed by atoms with E-state index in [1.807, 2.05) is 49.4 Å². The van der Waals surface area contributed by atoms with Crippen molar-refractivity contribution in [2.75, 3.05) is 5.32 Å². The van der Waals surface area contributed by atoms with Crippen LogP contribution in [0.5, 0.6) is 0 Å². The largest absolute Gasteiger partial charge is 0.320 e. The Labute approximate surface area is 146 Å². The van der Waals surface area contributed by atoms with Crippen molar-refractivity contribution in [1.29, 1.82) is 0 Å². The lowest BCUT2D eigenvalue weighted by molar-refractivity contribution is -0.116. The van der Waals surface area contributed by atoms with E-state index < -0.39 is 0 Å². The van der Waals surface area contributed by atoms with Crippen LogP contribution in [0.15, 0.2) is 53.5 Å². The highest BCUT2D eigenvalue weighted by Crippen LogP contribution is 2.11. The van der Waals surface area contributed by atoms with Crippen LogP contribution in [0.4, 0.5) is 5.69 Å². The highest BCUT2D eigenvalue weighted by Gasteiger charge is 2.12. The second-order valence-electron chi connectivity index (χ2n) is 6.20. The van der Waals surface area contributed by atoms with Crippen molar-refractivity contribution < 1.29 is 4.79 Å². The van der Waals surface area contributed by atoms with E-state index in [4.69, 9.17) is 0 Å². The number of aryl methyl sites for hydroxylation is 3. The quantitative estimate of drug-likeness (QED) is 0.778. The summed E-state index contributed by atoms with van der Waals surface area (Å²) in [6.45, 7) is 3.69. The first-order valence-electron chi connectivity index (χ1n) is 8.38. The van der Waals surface area contributed by atoms with E-state index in [1.165, 1.54) is 9.96 Å². The van der Waals surface area contributed by atoms with Crippen molar-refractivity contribution in [2.24, 2.45) is 0 Å². The number of hydrogen-bond acceptors (Lipinski definition) is 3. The predicted octanol–water partition coefficient (Wildman–Crippen LogP) is 3.27. The van der Waals surface area contributed by atoms with Crippen LogP contribution in [0.25, 0.3) is 5.65 Å². The lowest BCUT2D eigenvalue weighted by atomic mass is 10.1. The number of hydrogen-bond donors (Lipinski definition) is 1. The predicted molar refractivity (Wildman–Crippen MR) is 98.9 cm³/mol. The third kappa shape index (κ3) is 3.94. The van der Waals surface area contributed by atoms with Gasteiger partial charge in [-0.1, -0.05) is 30.3 Å². The molecule has 0 aliphatic rings. The normalized spacial score (nSPS) is 10.8. The average Bonchev–Trinajstić information content (AvgIpc) is 2.59. The summed E-state index contributed by atoms with van der Waals surface area (Å²) in [6.07, 6.45) is 3.62. The number of rotatable bonds is 5. The Morgan fingerprint density at radius 2 is 1.92 bits per heavy atom. The van der Waals surface area contributed by atoms with Gasteiger partial charge in [-0.2, -0.15) is 0 Å². The summed E-state index contributed by atoms with van der Waals surface area (Å²) in [5, 5.41) is 2.74. The lowest BCUT2D eigenvalue weighted by Gasteiger charge is -2.10. The van der Waals surface area contributed by atoms with Gasteiger partial charge in [-0.05, 0) is 49.9 Å². The first-order valence-corrected chi connectivity index (χ1v) is 8.38. The first kappa shape index (κ1) is 16.9. The van der Waals surface area contributed by atoms with Gasteiger partial charge in [-0.25, -0.2) is 4.98 Å². The summed E-state index contributed by atoms with van der Waals surface area (Å²) < 4.78 is 1.46. The summed E-state index contributed by atoms with van der Waals surface area (Å²) in [4.78, 5) is 29.2. The number of carbonyl (C=O) groups excluding carboxylic acids is 1. The van der Waals surface area contributed by atoms with Crippen LogP contribution in [-0.2, 0) is 11.2 Å². The Morgan fingerprint density at radius 1 is 1.16 bits per heavy atom. The Balaban J connectivity index is 1.70. The molecule has 1 amide bonds. The third-order valence-corrected chi connectivity index (χ3v) is 4.14. The molecule has 0 aliphatic heterocycles. The summed E-state index contributed by atoms with van der Waals surface area (Å²) in [5.41, 5.74) is 3.36. The summed E-state index contributed by atoms with van der Waals surface area (Å²) in [7, 11) is 0. The van der Waals surface area contributed by atoms with Gasteiger partial charge in [-0.3, -0.25) is 14.0 Å². The molecule has 5 nitrogen and oxygen atoms in total. The molecular formula is C20H21N3O2. The topological polar surface area (TPSA) is 63.5 Å². The van der Waals surface area contributed by atoms with E-state index >= 15 is 0 Å². The van der Waals surface area contributed by atoms with E-state index in [0.717, 1.165) is 18.4 Å². The minimum Gasteiger partial charge on any atom is -0.320 e. The maximum absolute atomic E-state index is 12.6. The van der Waals surface area contributed by atoms with E-state index in [-0.39, 0.29) is 17.2 Å². The average molecular weight is 335 g/mol. The van der Waals surface area contributed by atoms with Crippen LogP contribution in [0, 0.1) is 13.8 Å². The smallest absolute Gasteiger partial charge is 0.281 e. The molecule has 2 heterocycles. The van der Waals surface area contributed by atoms with Gasteiger partial charge in [0.25, 0.3) is 5.56 Å². The van der Waals surface area contributed by atoms with Crippen LogP contribution in [0.3, 0.4) is 0 Å². The Kier molecular flexibility index (Phi) is 4.93. The second kappa shape index (κ2) is 7.30. The van der Waals surface area contributed by atoms with Crippen LogP contribution in [0.2, 0.25) is 0 Å². The molecule has 2 aromatic heterocycles. The highest BCUT2D eigenvalue weighted by molar-refractivity contribution is 5.91.